The number of halogens is 1. The van der Waals surface area contributed by atoms with E-state index in [9.17, 15) is 29.4 Å². The van der Waals surface area contributed by atoms with Gasteiger partial charge in [0.15, 0.2) is 5.43 Å². The number of aromatic hydroxyl groups is 1. The third-order valence-corrected chi connectivity index (χ3v) is 6.38. The lowest BCUT2D eigenvalue weighted by Gasteiger charge is -2.34. The van der Waals surface area contributed by atoms with Crippen molar-refractivity contribution >= 4 is 43.7 Å². The molecule has 33 heavy (non-hydrogen) atoms. The first-order valence-corrected chi connectivity index (χ1v) is 11.9. The lowest BCUT2D eigenvalue weighted by atomic mass is 9.85. The molecular formula is C21H20BClNO8P. The summed E-state index contributed by atoms with van der Waals surface area (Å²) in [5.41, 5.74) is -0.0246. The fourth-order valence-corrected chi connectivity index (χ4v) is 4.77. The van der Waals surface area contributed by atoms with E-state index in [0.717, 1.165) is 12.1 Å². The molecule has 172 valence electrons. The Labute approximate surface area is 194 Å². The molecule has 3 aromatic rings. The molecule has 0 saturated carbocycles. The Morgan fingerprint density at radius 3 is 2.67 bits per heavy atom. The van der Waals surface area contributed by atoms with Crippen LogP contribution in [0.1, 0.15) is 17.9 Å². The predicted molar refractivity (Wildman–Crippen MR) is 124 cm³/mol. The molecule has 0 bridgehead atoms. The number of hydrogen-bond donors (Lipinski definition) is 4. The lowest BCUT2D eigenvalue weighted by Crippen LogP contribution is -2.40. The summed E-state index contributed by atoms with van der Waals surface area (Å²) in [7, 11) is 2.62. The van der Waals surface area contributed by atoms with Crippen molar-refractivity contribution in [3.05, 3.63) is 51.1 Å². The first-order chi connectivity index (χ1) is 15.4. The topological polar surface area (TPSA) is 141 Å². The van der Waals surface area contributed by atoms with Crippen molar-refractivity contribution in [1.82, 2.24) is 4.90 Å². The summed E-state index contributed by atoms with van der Waals surface area (Å²) in [5.74, 6) is -1.55. The van der Waals surface area contributed by atoms with E-state index in [4.69, 9.17) is 23.9 Å². The van der Waals surface area contributed by atoms with Gasteiger partial charge in [-0.2, -0.15) is 0 Å². The van der Waals surface area contributed by atoms with Gasteiger partial charge in [0, 0.05) is 35.7 Å². The summed E-state index contributed by atoms with van der Waals surface area (Å²) in [6, 6.07) is 6.66. The number of likely N-dealkylation sites (tertiary alicyclic amines) is 1. The maximum Gasteiger partial charge on any atom is 0.524 e. The molecule has 1 aliphatic rings. The first-order valence-electron chi connectivity index (χ1n) is 9.95. The number of phosphoric acid groups is 1. The maximum atomic E-state index is 13.1. The number of piperidine rings is 1. The van der Waals surface area contributed by atoms with Crippen LogP contribution in [-0.2, 0) is 4.57 Å². The Morgan fingerprint density at radius 2 is 2.00 bits per heavy atom. The van der Waals surface area contributed by atoms with Crippen LogP contribution in [0, 0.1) is 0 Å². The van der Waals surface area contributed by atoms with Gasteiger partial charge in [-0.25, -0.2) is 4.57 Å². The molecule has 1 aromatic heterocycles. The van der Waals surface area contributed by atoms with Gasteiger partial charge in [0.1, 0.15) is 36.1 Å². The van der Waals surface area contributed by atoms with Gasteiger partial charge in [-0.15, -0.1) is 0 Å². The van der Waals surface area contributed by atoms with Crippen LogP contribution < -0.4 is 15.4 Å². The van der Waals surface area contributed by atoms with E-state index < -0.39 is 36.8 Å². The van der Waals surface area contributed by atoms with Crippen LogP contribution in [0.3, 0.4) is 0 Å². The summed E-state index contributed by atoms with van der Waals surface area (Å²) >= 11 is 6.27. The monoisotopic (exact) mass is 491 g/mol. The van der Waals surface area contributed by atoms with Crippen molar-refractivity contribution in [2.75, 3.05) is 20.1 Å². The smallest absolute Gasteiger partial charge is 0.507 e. The quantitative estimate of drug-likeness (QED) is 0.318. The number of aliphatic hydroxyl groups is 1. The Morgan fingerprint density at radius 1 is 1.27 bits per heavy atom. The lowest BCUT2D eigenvalue weighted by molar-refractivity contribution is 0.0630. The highest BCUT2D eigenvalue weighted by Gasteiger charge is 2.34. The van der Waals surface area contributed by atoms with Gasteiger partial charge in [0.05, 0.1) is 11.1 Å². The fraction of sp³-hybridized carbons (Fsp3) is 0.286. The molecule has 2 aromatic carbocycles. The molecule has 12 heteroatoms. The number of nitrogens with zero attached hydrogens (tertiary/aromatic N) is 1. The Bertz CT molecular complexity index is 1340. The number of fused-ring (bicyclic) bond motifs is 1. The predicted octanol–water partition coefficient (Wildman–Crippen LogP) is 1.86. The molecule has 1 fully saturated rings. The van der Waals surface area contributed by atoms with Gasteiger partial charge >= 0.3 is 7.82 Å². The molecular weight excluding hydrogens is 471 g/mol. The van der Waals surface area contributed by atoms with E-state index in [1.165, 1.54) is 12.1 Å². The molecule has 4 rings (SSSR count). The van der Waals surface area contributed by atoms with Gasteiger partial charge in [0.25, 0.3) is 0 Å². The second kappa shape index (κ2) is 8.79. The third-order valence-electron chi connectivity index (χ3n) is 5.61. The zero-order chi connectivity index (χ0) is 24.1. The minimum Gasteiger partial charge on any atom is -0.507 e. The van der Waals surface area contributed by atoms with Crippen molar-refractivity contribution < 1.29 is 33.5 Å². The van der Waals surface area contributed by atoms with Crippen LogP contribution in [-0.4, -0.2) is 59.0 Å². The molecule has 2 heterocycles. The molecule has 4 N–H and O–H groups in total. The van der Waals surface area contributed by atoms with Crippen molar-refractivity contribution in [3.63, 3.8) is 0 Å². The van der Waals surface area contributed by atoms with E-state index in [1.807, 2.05) is 11.9 Å². The molecule has 0 aliphatic carbocycles. The summed E-state index contributed by atoms with van der Waals surface area (Å²) in [4.78, 5) is 33.7. The number of phosphoric ester groups is 1. The molecule has 0 spiro atoms. The minimum atomic E-state index is -5.07. The molecule has 9 nitrogen and oxygen atoms in total. The number of β-amino-alcohol motifs (C(OH)–C–C–N with tert-alkyl or cyclic N) is 1. The average molecular weight is 492 g/mol. The maximum absolute atomic E-state index is 13.1. The Balaban J connectivity index is 2.04. The third kappa shape index (κ3) is 4.82. The van der Waals surface area contributed by atoms with E-state index in [0.29, 0.717) is 30.5 Å². The zero-order valence-corrected chi connectivity index (χ0v) is 19.1. The fourth-order valence-electron chi connectivity index (χ4n) is 4.16. The van der Waals surface area contributed by atoms with Gasteiger partial charge in [-0.05, 0) is 26.1 Å². The second-order valence-corrected chi connectivity index (χ2v) is 9.60. The highest BCUT2D eigenvalue weighted by molar-refractivity contribution is 7.46. The number of hydrogen-bond acceptors (Lipinski definition) is 7. The van der Waals surface area contributed by atoms with E-state index in [2.05, 4.69) is 4.52 Å². The molecule has 1 aliphatic heterocycles. The van der Waals surface area contributed by atoms with Crippen LogP contribution in [0.15, 0.2) is 39.5 Å². The highest BCUT2D eigenvalue weighted by atomic mass is 35.5. The summed E-state index contributed by atoms with van der Waals surface area (Å²) < 4.78 is 22.2. The average Bonchev–Trinajstić information content (AvgIpc) is 2.69. The van der Waals surface area contributed by atoms with Gasteiger partial charge in [-0.1, -0.05) is 29.2 Å². The number of rotatable bonds is 4. The number of aliphatic hydroxyl groups excluding tert-OH is 1. The molecule has 0 amide bonds. The number of phenols is 1. The highest BCUT2D eigenvalue weighted by Crippen LogP contribution is 2.47. The standard InChI is InChI=1S/C21H20BClNO8P/c1-24-5-4-11(16(27)9-24)19-14(25)8-18(32-33(28,29)30)20-15(26)7-17(31-21(19)20)12-6-10(22)2-3-13(12)23/h2-3,6-8,11,16,25,27H,4-5,9H2,1H3,(H2,28,29,30)/t11-,16+/m0/s1. The van der Waals surface area contributed by atoms with Crippen molar-refractivity contribution in [2.45, 2.75) is 18.4 Å². The molecule has 2 atom stereocenters. The van der Waals surface area contributed by atoms with Crippen LogP contribution in [0.4, 0.5) is 0 Å². The van der Waals surface area contributed by atoms with Crippen LogP contribution in [0.25, 0.3) is 22.3 Å². The van der Waals surface area contributed by atoms with E-state index >= 15 is 0 Å². The minimum absolute atomic E-state index is 0.0289. The van der Waals surface area contributed by atoms with Gasteiger partial charge in [0.2, 0.25) is 0 Å². The molecule has 2 radical (unpaired) electrons. The van der Waals surface area contributed by atoms with Crippen molar-refractivity contribution in [1.29, 1.82) is 0 Å². The second-order valence-electron chi connectivity index (χ2n) is 8.03. The zero-order valence-electron chi connectivity index (χ0n) is 17.4. The van der Waals surface area contributed by atoms with E-state index in [-0.39, 0.29) is 27.3 Å². The molecule has 0 unspecified atom stereocenters. The summed E-state index contributed by atoms with van der Waals surface area (Å²) in [6.45, 7) is 0.922. The van der Waals surface area contributed by atoms with Crippen LogP contribution in [0.5, 0.6) is 11.5 Å². The summed E-state index contributed by atoms with van der Waals surface area (Å²) in [5, 5.41) is 21.5. The van der Waals surface area contributed by atoms with Crippen molar-refractivity contribution in [2.24, 2.45) is 0 Å². The number of phenolic OH excluding ortho intramolecular Hbond substituents is 1. The summed E-state index contributed by atoms with van der Waals surface area (Å²) in [6.07, 6.45) is -0.456. The van der Waals surface area contributed by atoms with Crippen LogP contribution >= 0.6 is 19.4 Å². The van der Waals surface area contributed by atoms with Gasteiger partial charge in [-0.3, -0.25) is 14.6 Å². The van der Waals surface area contributed by atoms with Crippen LogP contribution in [0.2, 0.25) is 5.02 Å². The van der Waals surface area contributed by atoms with Gasteiger partial charge < -0.3 is 24.1 Å². The SMILES string of the molecule is [B]c1ccc(Cl)c(-c2cc(=O)c3c(OP(=O)(O)O)cc(O)c([C@H]4CCN(C)C[C@H]4O)c3o2)c1. The number of benzene rings is 2. The van der Waals surface area contributed by atoms with Crippen molar-refractivity contribution in [3.8, 4) is 22.8 Å². The number of likely N-dealkylation sites (N-methyl/N-ethyl adjacent to an activating group) is 1. The largest absolute Gasteiger partial charge is 0.524 e. The first kappa shape index (κ1) is 23.8. The molecule has 1 saturated heterocycles. The normalized spacial score (nSPS) is 19.7. The Hall–Kier alpha value is -2.33. The van der Waals surface area contributed by atoms with E-state index in [1.54, 1.807) is 6.07 Å². The Kier molecular flexibility index (Phi) is 6.35.